The second-order valence-electron chi connectivity index (χ2n) is 6.30. The Balaban J connectivity index is 1.64. The molecule has 5 nitrogen and oxygen atoms in total. The molecule has 0 unspecified atom stereocenters. The second kappa shape index (κ2) is 7.75. The summed E-state index contributed by atoms with van der Waals surface area (Å²) in [6, 6.07) is 9.98. The molecule has 0 saturated carbocycles. The third kappa shape index (κ3) is 3.85. The van der Waals surface area contributed by atoms with E-state index in [1.807, 2.05) is 12.1 Å². The fourth-order valence-corrected chi connectivity index (χ4v) is 3.54. The molecule has 0 spiro atoms. The monoisotopic (exact) mass is 388 g/mol. The molecule has 1 saturated heterocycles. The van der Waals surface area contributed by atoms with Gasteiger partial charge in [-0.3, -0.25) is 19.9 Å². The summed E-state index contributed by atoms with van der Waals surface area (Å²) in [7, 11) is 0. The number of benzene rings is 1. The molecular formula is C22H16N2O3S. The summed E-state index contributed by atoms with van der Waals surface area (Å²) in [4.78, 5) is 27.5. The van der Waals surface area contributed by atoms with Gasteiger partial charge in [-0.15, -0.1) is 0 Å². The van der Waals surface area contributed by atoms with Crippen molar-refractivity contribution < 1.29 is 14.0 Å². The minimum absolute atomic E-state index is 0.303. The number of aryl methyl sites for hydroxylation is 1. The summed E-state index contributed by atoms with van der Waals surface area (Å²) in [5, 5.41) is 2.62. The van der Waals surface area contributed by atoms with Crippen LogP contribution in [-0.2, 0) is 11.2 Å². The molecule has 1 N–H and O–H groups in total. The van der Waals surface area contributed by atoms with E-state index in [0.717, 1.165) is 35.6 Å². The number of carbonyl (C=O) groups is 2. The van der Waals surface area contributed by atoms with E-state index in [-0.39, 0.29) is 5.24 Å². The molecule has 28 heavy (non-hydrogen) atoms. The van der Waals surface area contributed by atoms with Crippen LogP contribution in [0.4, 0.5) is 4.79 Å². The topological polar surface area (TPSA) is 72.2 Å². The largest absolute Gasteiger partial charge is 0.455 e. The number of rotatable bonds is 3. The van der Waals surface area contributed by atoms with Gasteiger partial charge in [0.1, 0.15) is 5.76 Å². The van der Waals surface area contributed by atoms with Crippen molar-refractivity contribution in [3.8, 4) is 11.8 Å². The Morgan fingerprint density at radius 2 is 2.00 bits per heavy atom. The van der Waals surface area contributed by atoms with Crippen LogP contribution in [0.1, 0.15) is 35.8 Å². The van der Waals surface area contributed by atoms with Gasteiger partial charge in [0, 0.05) is 29.4 Å². The average molecular weight is 388 g/mol. The fraction of sp³-hybridized carbons (Fsp3) is 0.136. The van der Waals surface area contributed by atoms with Gasteiger partial charge in [-0.25, -0.2) is 0 Å². The highest BCUT2D eigenvalue weighted by Crippen LogP contribution is 2.28. The van der Waals surface area contributed by atoms with Gasteiger partial charge >= 0.3 is 0 Å². The van der Waals surface area contributed by atoms with Gasteiger partial charge in [0.15, 0.2) is 5.58 Å². The first kappa shape index (κ1) is 18.1. The normalized spacial score (nSPS) is 15.0. The summed E-state index contributed by atoms with van der Waals surface area (Å²) in [6.45, 7) is 2.16. The number of nitrogens with one attached hydrogen (secondary N) is 1. The van der Waals surface area contributed by atoms with Crippen molar-refractivity contribution >= 4 is 40.0 Å². The van der Waals surface area contributed by atoms with E-state index in [0.29, 0.717) is 21.8 Å². The van der Waals surface area contributed by atoms with Gasteiger partial charge < -0.3 is 4.42 Å². The van der Waals surface area contributed by atoms with Crippen molar-refractivity contribution in [2.24, 2.45) is 0 Å². The Morgan fingerprint density at radius 3 is 2.71 bits per heavy atom. The molecular weight excluding hydrogens is 372 g/mol. The summed E-state index contributed by atoms with van der Waals surface area (Å²) in [5.74, 6) is 6.31. The van der Waals surface area contributed by atoms with Gasteiger partial charge in [-0.2, -0.15) is 0 Å². The number of nitrogens with zero attached hydrogens (tertiary/aromatic N) is 1. The molecule has 138 valence electrons. The molecule has 1 aliphatic rings. The highest BCUT2D eigenvalue weighted by Gasteiger charge is 2.25. The first-order valence-corrected chi connectivity index (χ1v) is 9.67. The van der Waals surface area contributed by atoms with Crippen molar-refractivity contribution in [3.63, 3.8) is 0 Å². The number of amides is 2. The zero-order chi connectivity index (χ0) is 19.5. The van der Waals surface area contributed by atoms with Crippen molar-refractivity contribution in [1.82, 2.24) is 10.3 Å². The van der Waals surface area contributed by atoms with Crippen molar-refractivity contribution in [2.75, 3.05) is 0 Å². The number of aromatic nitrogens is 1. The molecule has 2 aromatic heterocycles. The number of pyridine rings is 1. The van der Waals surface area contributed by atoms with Crippen LogP contribution >= 0.6 is 11.8 Å². The van der Waals surface area contributed by atoms with E-state index in [1.54, 1.807) is 24.5 Å². The lowest BCUT2D eigenvalue weighted by Gasteiger charge is -1.97. The zero-order valence-electron chi connectivity index (χ0n) is 15.1. The van der Waals surface area contributed by atoms with Crippen LogP contribution < -0.4 is 5.32 Å². The summed E-state index contributed by atoms with van der Waals surface area (Å²) >= 11 is 0.853. The predicted octanol–water partition coefficient (Wildman–Crippen LogP) is 4.50. The maximum Gasteiger partial charge on any atom is 0.290 e. The Bertz CT molecular complexity index is 1160. The molecule has 2 amide bonds. The van der Waals surface area contributed by atoms with Crippen LogP contribution in [-0.4, -0.2) is 16.1 Å². The number of hydrogen-bond acceptors (Lipinski definition) is 5. The van der Waals surface area contributed by atoms with Crippen LogP contribution in [0.15, 0.2) is 52.0 Å². The maximum absolute atomic E-state index is 11.7. The Morgan fingerprint density at radius 1 is 1.18 bits per heavy atom. The Kier molecular flexibility index (Phi) is 5.00. The van der Waals surface area contributed by atoms with E-state index in [2.05, 4.69) is 41.2 Å². The summed E-state index contributed by atoms with van der Waals surface area (Å²) in [6.07, 6.45) is 7.06. The molecule has 1 fully saturated rings. The standard InChI is InChI=1S/C22H16N2O3S/c1-2-3-14-4-6-15(7-5-14)8-9-16-12-23-13-17-10-18(27-20(16)17)11-19-21(25)24-22(26)28-19/h4-7,10-13H,2-3H2,1H3,(H,24,25,26). The van der Waals surface area contributed by atoms with E-state index < -0.39 is 5.91 Å². The highest BCUT2D eigenvalue weighted by molar-refractivity contribution is 8.18. The predicted molar refractivity (Wildman–Crippen MR) is 110 cm³/mol. The Labute approximate surface area is 166 Å². The van der Waals surface area contributed by atoms with Crippen LogP contribution in [0, 0.1) is 11.8 Å². The molecule has 0 aliphatic carbocycles. The lowest BCUT2D eigenvalue weighted by Crippen LogP contribution is -2.17. The molecule has 6 heteroatoms. The average Bonchev–Trinajstić information content (AvgIpc) is 3.24. The molecule has 1 aliphatic heterocycles. The molecule has 0 atom stereocenters. The number of imide groups is 1. The van der Waals surface area contributed by atoms with Gasteiger partial charge in [-0.05, 0) is 41.9 Å². The quantitative estimate of drug-likeness (QED) is 0.528. The molecule has 0 bridgehead atoms. The van der Waals surface area contributed by atoms with Crippen molar-refractivity contribution in [3.05, 3.63) is 70.1 Å². The van der Waals surface area contributed by atoms with Crippen LogP contribution in [0.2, 0.25) is 0 Å². The van der Waals surface area contributed by atoms with Crippen LogP contribution in [0.5, 0.6) is 0 Å². The lowest BCUT2D eigenvalue weighted by atomic mass is 10.1. The smallest absolute Gasteiger partial charge is 0.290 e. The first-order chi connectivity index (χ1) is 13.6. The van der Waals surface area contributed by atoms with E-state index in [4.69, 9.17) is 4.42 Å². The SMILES string of the molecule is CCCc1ccc(C#Cc2cncc3cc(C=C4SC(=O)NC4=O)oc23)cc1. The molecule has 4 rings (SSSR count). The molecule has 3 heterocycles. The van der Waals surface area contributed by atoms with E-state index >= 15 is 0 Å². The highest BCUT2D eigenvalue weighted by atomic mass is 32.2. The minimum Gasteiger partial charge on any atom is -0.455 e. The minimum atomic E-state index is -0.417. The van der Waals surface area contributed by atoms with Crippen molar-refractivity contribution in [1.29, 1.82) is 0 Å². The molecule has 0 radical (unpaired) electrons. The summed E-state index contributed by atoms with van der Waals surface area (Å²) < 4.78 is 5.86. The Hall–Kier alpha value is -3.30. The number of furan rings is 1. The van der Waals surface area contributed by atoms with Crippen LogP contribution in [0.3, 0.4) is 0 Å². The zero-order valence-corrected chi connectivity index (χ0v) is 15.9. The van der Waals surface area contributed by atoms with Gasteiger partial charge in [0.25, 0.3) is 11.1 Å². The van der Waals surface area contributed by atoms with Crippen LogP contribution in [0.25, 0.3) is 17.0 Å². The van der Waals surface area contributed by atoms with E-state index in [1.165, 1.54) is 5.56 Å². The number of thioether (sulfide) groups is 1. The van der Waals surface area contributed by atoms with Gasteiger partial charge in [0.05, 0.1) is 10.5 Å². The summed E-state index contributed by atoms with van der Waals surface area (Å²) in [5.41, 5.74) is 3.49. The number of carbonyl (C=O) groups excluding carboxylic acids is 2. The molecule has 1 aromatic carbocycles. The first-order valence-electron chi connectivity index (χ1n) is 8.86. The number of hydrogen-bond donors (Lipinski definition) is 1. The van der Waals surface area contributed by atoms with Gasteiger partial charge in [0.2, 0.25) is 0 Å². The fourth-order valence-electron chi connectivity index (χ4n) is 2.88. The second-order valence-corrected chi connectivity index (χ2v) is 7.32. The van der Waals surface area contributed by atoms with Gasteiger partial charge in [-0.1, -0.05) is 37.3 Å². The maximum atomic E-state index is 11.7. The third-order valence-corrected chi connectivity index (χ3v) is 5.00. The third-order valence-electron chi connectivity index (χ3n) is 4.19. The number of fused-ring (bicyclic) bond motifs is 1. The molecule has 3 aromatic rings. The van der Waals surface area contributed by atoms with Crippen molar-refractivity contribution in [2.45, 2.75) is 19.8 Å². The van der Waals surface area contributed by atoms with E-state index in [9.17, 15) is 9.59 Å². The lowest BCUT2D eigenvalue weighted by molar-refractivity contribution is -0.115.